The summed E-state index contributed by atoms with van der Waals surface area (Å²) in [6, 6.07) is 0. The fourth-order valence-electron chi connectivity index (χ4n) is 2.08. The Labute approximate surface area is 81.9 Å². The zero-order chi connectivity index (χ0) is 9.52. The lowest BCUT2D eigenvalue weighted by Gasteiger charge is -2.21. The van der Waals surface area contributed by atoms with E-state index in [-0.39, 0.29) is 0 Å². The maximum absolute atomic E-state index is 9.26. The molecule has 1 heteroatoms. The quantitative estimate of drug-likeness (QED) is 0.647. The molecule has 0 amide bonds. The van der Waals surface area contributed by atoms with Gasteiger partial charge in [0.1, 0.15) is 0 Å². The molecule has 1 rings (SSSR count). The average molecular weight is 182 g/mol. The van der Waals surface area contributed by atoms with Gasteiger partial charge in [0.05, 0.1) is 0 Å². The Morgan fingerprint density at radius 1 is 1.46 bits per heavy atom. The lowest BCUT2D eigenvalue weighted by Crippen LogP contribution is -2.11. The van der Waals surface area contributed by atoms with Gasteiger partial charge in [-0.05, 0) is 32.1 Å². The van der Waals surface area contributed by atoms with Crippen LogP contribution in [0.1, 0.15) is 51.9 Å². The minimum atomic E-state index is 0.353. The van der Waals surface area contributed by atoms with E-state index in [2.05, 4.69) is 13.0 Å². The smallest absolute Gasteiger partial charge is 0.0496 e. The van der Waals surface area contributed by atoms with Crippen molar-refractivity contribution in [2.75, 3.05) is 6.61 Å². The number of unbranched alkanes of at least 4 members (excludes halogenated alkanes) is 1. The minimum Gasteiger partial charge on any atom is -0.396 e. The predicted molar refractivity (Wildman–Crippen MR) is 56.7 cm³/mol. The number of aliphatic hydroxyl groups is 1. The van der Waals surface area contributed by atoms with Crippen molar-refractivity contribution >= 4 is 0 Å². The highest BCUT2D eigenvalue weighted by molar-refractivity contribution is 5.09. The third kappa shape index (κ3) is 3.51. The van der Waals surface area contributed by atoms with Gasteiger partial charge in [-0.25, -0.2) is 0 Å². The van der Waals surface area contributed by atoms with Gasteiger partial charge in [0.2, 0.25) is 0 Å². The van der Waals surface area contributed by atoms with Crippen LogP contribution >= 0.6 is 0 Å². The summed E-state index contributed by atoms with van der Waals surface area (Å²) in [5, 5.41) is 9.26. The van der Waals surface area contributed by atoms with Gasteiger partial charge >= 0.3 is 0 Å². The van der Waals surface area contributed by atoms with E-state index in [4.69, 9.17) is 0 Å². The summed E-state index contributed by atoms with van der Waals surface area (Å²) in [5.74, 6) is 0.472. The number of aliphatic hydroxyl groups excluding tert-OH is 1. The molecule has 1 nitrogen and oxygen atoms in total. The van der Waals surface area contributed by atoms with Crippen molar-refractivity contribution in [2.45, 2.75) is 51.9 Å². The second kappa shape index (κ2) is 6.20. The number of allylic oxidation sites excluding steroid dienone is 1. The van der Waals surface area contributed by atoms with Gasteiger partial charge < -0.3 is 5.11 Å². The number of rotatable bonds is 5. The zero-order valence-electron chi connectivity index (χ0n) is 8.76. The molecule has 1 aliphatic carbocycles. The van der Waals surface area contributed by atoms with E-state index in [9.17, 15) is 5.11 Å². The van der Waals surface area contributed by atoms with Crippen molar-refractivity contribution in [1.29, 1.82) is 0 Å². The van der Waals surface area contributed by atoms with Gasteiger partial charge in [0.25, 0.3) is 0 Å². The average Bonchev–Trinajstić information content (AvgIpc) is 2.21. The molecular weight excluding hydrogens is 160 g/mol. The first-order valence-corrected chi connectivity index (χ1v) is 5.68. The van der Waals surface area contributed by atoms with Crippen molar-refractivity contribution in [3.8, 4) is 0 Å². The molecule has 0 bridgehead atoms. The van der Waals surface area contributed by atoms with Crippen LogP contribution in [-0.4, -0.2) is 11.7 Å². The highest BCUT2D eigenvalue weighted by Gasteiger charge is 2.14. The van der Waals surface area contributed by atoms with Crippen molar-refractivity contribution in [2.24, 2.45) is 5.92 Å². The largest absolute Gasteiger partial charge is 0.396 e. The molecule has 0 aromatic rings. The van der Waals surface area contributed by atoms with E-state index < -0.39 is 0 Å². The summed E-state index contributed by atoms with van der Waals surface area (Å²) < 4.78 is 0. The van der Waals surface area contributed by atoms with E-state index in [1.807, 2.05) is 0 Å². The normalized spacial score (nSPS) is 19.7. The molecule has 0 saturated carbocycles. The van der Waals surface area contributed by atoms with Gasteiger partial charge in [-0.15, -0.1) is 0 Å². The molecule has 0 saturated heterocycles. The summed E-state index contributed by atoms with van der Waals surface area (Å²) in [5.41, 5.74) is 1.53. The molecule has 1 unspecified atom stereocenters. The molecule has 76 valence electrons. The van der Waals surface area contributed by atoms with Gasteiger partial charge in [-0.2, -0.15) is 0 Å². The van der Waals surface area contributed by atoms with Crippen LogP contribution in [0.5, 0.6) is 0 Å². The lowest BCUT2D eigenvalue weighted by molar-refractivity contribution is 0.233. The van der Waals surface area contributed by atoms with Crippen LogP contribution < -0.4 is 0 Å². The van der Waals surface area contributed by atoms with Crippen LogP contribution in [0.25, 0.3) is 0 Å². The van der Waals surface area contributed by atoms with Crippen molar-refractivity contribution in [1.82, 2.24) is 0 Å². The second-order valence-electron chi connectivity index (χ2n) is 4.05. The Balaban J connectivity index is 2.39. The Kier molecular flexibility index (Phi) is 5.14. The van der Waals surface area contributed by atoms with Gasteiger partial charge in [0, 0.05) is 12.5 Å². The van der Waals surface area contributed by atoms with Crippen molar-refractivity contribution in [3.05, 3.63) is 11.6 Å². The molecule has 0 aromatic heterocycles. The van der Waals surface area contributed by atoms with Crippen LogP contribution in [0.15, 0.2) is 11.6 Å². The lowest BCUT2D eigenvalue weighted by atomic mass is 9.86. The molecular formula is C12H22O. The van der Waals surface area contributed by atoms with E-state index in [0.717, 1.165) is 0 Å². The minimum absolute atomic E-state index is 0.353. The standard InChI is InChI=1S/C12H22O/c1-2-3-7-12(10-13)11-8-5-4-6-9-11/h8,12-13H,2-7,9-10H2,1H3. The first-order chi connectivity index (χ1) is 6.38. The third-order valence-electron chi connectivity index (χ3n) is 2.98. The first-order valence-electron chi connectivity index (χ1n) is 5.68. The topological polar surface area (TPSA) is 20.2 Å². The molecule has 0 heterocycles. The summed E-state index contributed by atoms with van der Waals surface area (Å²) in [4.78, 5) is 0. The zero-order valence-corrected chi connectivity index (χ0v) is 8.76. The van der Waals surface area contributed by atoms with Crippen LogP contribution in [0.3, 0.4) is 0 Å². The second-order valence-corrected chi connectivity index (χ2v) is 4.05. The molecule has 13 heavy (non-hydrogen) atoms. The molecule has 0 spiro atoms. The monoisotopic (exact) mass is 182 g/mol. The molecule has 0 aromatic carbocycles. The summed E-state index contributed by atoms with van der Waals surface area (Å²) in [6.07, 6.45) is 11.2. The molecule has 1 N–H and O–H groups in total. The summed E-state index contributed by atoms with van der Waals surface area (Å²) in [7, 11) is 0. The third-order valence-corrected chi connectivity index (χ3v) is 2.98. The SMILES string of the molecule is CCCCC(CO)C1=CCCCC1. The van der Waals surface area contributed by atoms with E-state index in [1.54, 1.807) is 0 Å². The molecule has 0 radical (unpaired) electrons. The Morgan fingerprint density at radius 2 is 2.31 bits per heavy atom. The van der Waals surface area contributed by atoms with Gasteiger partial charge in [-0.1, -0.05) is 31.4 Å². The maximum atomic E-state index is 9.26. The van der Waals surface area contributed by atoms with Crippen LogP contribution in [-0.2, 0) is 0 Å². The van der Waals surface area contributed by atoms with Crippen LogP contribution in [0.4, 0.5) is 0 Å². The predicted octanol–water partition coefficient (Wildman–Crippen LogP) is 3.29. The Bertz CT molecular complexity index is 161. The van der Waals surface area contributed by atoms with Crippen LogP contribution in [0.2, 0.25) is 0 Å². The van der Waals surface area contributed by atoms with Gasteiger partial charge in [0.15, 0.2) is 0 Å². The highest BCUT2D eigenvalue weighted by Crippen LogP contribution is 2.27. The highest BCUT2D eigenvalue weighted by atomic mass is 16.3. The first kappa shape index (κ1) is 10.8. The van der Waals surface area contributed by atoms with E-state index in [0.29, 0.717) is 12.5 Å². The Hall–Kier alpha value is -0.300. The summed E-state index contributed by atoms with van der Waals surface area (Å²) in [6.45, 7) is 2.56. The molecule has 1 aliphatic rings. The van der Waals surface area contributed by atoms with Crippen molar-refractivity contribution < 1.29 is 5.11 Å². The van der Waals surface area contributed by atoms with Crippen molar-refractivity contribution in [3.63, 3.8) is 0 Å². The van der Waals surface area contributed by atoms with Gasteiger partial charge in [-0.3, -0.25) is 0 Å². The van der Waals surface area contributed by atoms with Crippen LogP contribution in [0, 0.1) is 5.92 Å². The van der Waals surface area contributed by atoms with E-state index >= 15 is 0 Å². The Morgan fingerprint density at radius 3 is 2.85 bits per heavy atom. The van der Waals surface area contributed by atoms with E-state index in [1.165, 1.54) is 50.5 Å². The summed E-state index contributed by atoms with van der Waals surface area (Å²) >= 11 is 0. The molecule has 0 fully saturated rings. The molecule has 0 aliphatic heterocycles. The number of hydrogen-bond donors (Lipinski definition) is 1. The fraction of sp³-hybridized carbons (Fsp3) is 0.833. The fourth-order valence-corrected chi connectivity index (χ4v) is 2.08. The number of hydrogen-bond acceptors (Lipinski definition) is 1. The maximum Gasteiger partial charge on any atom is 0.0496 e. The molecule has 1 atom stereocenters.